The summed E-state index contributed by atoms with van der Waals surface area (Å²) in [4.78, 5) is 12.0. The normalized spacial score (nSPS) is 16.6. The van der Waals surface area contributed by atoms with E-state index < -0.39 is 0 Å². The lowest BCUT2D eigenvalue weighted by molar-refractivity contribution is -0.117. The number of nitrogens with one attached hydrogen (secondary N) is 1. The summed E-state index contributed by atoms with van der Waals surface area (Å²) in [6, 6.07) is 5.66. The molecule has 5 nitrogen and oxygen atoms in total. The molecule has 1 amide bonds. The second kappa shape index (κ2) is 5.38. The molecule has 0 aliphatic heterocycles. The zero-order valence-electron chi connectivity index (χ0n) is 10.9. The van der Waals surface area contributed by atoms with Crippen LogP contribution in [0.15, 0.2) is 24.4 Å². The molecule has 0 radical (unpaired) electrons. The molecule has 19 heavy (non-hydrogen) atoms. The molecule has 3 rings (SSSR count). The topological polar surface area (TPSA) is 59.3 Å². The van der Waals surface area contributed by atoms with Gasteiger partial charge in [-0.1, -0.05) is 25.3 Å². The Bertz CT molecular complexity index is 572. The summed E-state index contributed by atoms with van der Waals surface area (Å²) >= 11 is 0. The summed E-state index contributed by atoms with van der Waals surface area (Å²) in [7, 11) is 0. The number of nitrogens with zero attached hydrogens (tertiary/aromatic N) is 3. The molecule has 100 valence electrons. The molecule has 0 atom stereocenters. The zero-order chi connectivity index (χ0) is 13.1. The van der Waals surface area contributed by atoms with Gasteiger partial charge in [0, 0.05) is 12.6 Å². The van der Waals surface area contributed by atoms with E-state index in [1.165, 1.54) is 32.1 Å². The minimum atomic E-state index is 0.0463. The van der Waals surface area contributed by atoms with Gasteiger partial charge in [-0.3, -0.25) is 14.5 Å². The predicted molar refractivity (Wildman–Crippen MR) is 72.8 cm³/mol. The Morgan fingerprint density at radius 2 is 2.11 bits per heavy atom. The van der Waals surface area contributed by atoms with Gasteiger partial charge in [0.25, 0.3) is 0 Å². The largest absolute Gasteiger partial charge is 0.294 e. The second-order valence-corrected chi connectivity index (χ2v) is 5.21. The number of fused-ring (bicyclic) bond motifs is 1. The van der Waals surface area contributed by atoms with E-state index in [2.05, 4.69) is 15.5 Å². The monoisotopic (exact) mass is 258 g/mol. The number of anilines is 1. The lowest BCUT2D eigenvalue weighted by Gasteiger charge is -2.20. The molecule has 5 heteroatoms. The summed E-state index contributed by atoms with van der Waals surface area (Å²) in [5.41, 5.74) is 0.746. The van der Waals surface area contributed by atoms with E-state index >= 15 is 0 Å². The highest BCUT2D eigenvalue weighted by Gasteiger charge is 2.18. The molecule has 2 aromatic rings. The summed E-state index contributed by atoms with van der Waals surface area (Å²) < 4.78 is 1.79. The summed E-state index contributed by atoms with van der Waals surface area (Å²) in [5.74, 6) is 1.09. The highest BCUT2D eigenvalue weighted by Crippen LogP contribution is 2.26. The van der Waals surface area contributed by atoms with Gasteiger partial charge in [0.2, 0.25) is 11.9 Å². The van der Waals surface area contributed by atoms with Crippen LogP contribution in [0.5, 0.6) is 0 Å². The fraction of sp³-hybridized carbons (Fsp3) is 0.500. The highest BCUT2D eigenvalue weighted by molar-refractivity contribution is 5.89. The third-order valence-electron chi connectivity index (χ3n) is 3.76. The van der Waals surface area contributed by atoms with Crippen LogP contribution in [0.1, 0.15) is 38.5 Å². The second-order valence-electron chi connectivity index (χ2n) is 5.21. The Morgan fingerprint density at radius 1 is 1.26 bits per heavy atom. The van der Waals surface area contributed by atoms with E-state index in [0.717, 1.165) is 5.65 Å². The summed E-state index contributed by atoms with van der Waals surface area (Å²) in [5, 5.41) is 10.9. The Labute approximate surface area is 112 Å². The number of rotatable bonds is 3. The van der Waals surface area contributed by atoms with E-state index in [1.54, 1.807) is 4.40 Å². The van der Waals surface area contributed by atoms with Gasteiger partial charge in [-0.15, -0.1) is 10.2 Å². The molecule has 2 aromatic heterocycles. The van der Waals surface area contributed by atoms with Crippen LogP contribution in [0.3, 0.4) is 0 Å². The van der Waals surface area contributed by atoms with Crippen LogP contribution in [0.2, 0.25) is 0 Å². The van der Waals surface area contributed by atoms with E-state index in [4.69, 9.17) is 0 Å². The van der Waals surface area contributed by atoms with Crippen molar-refractivity contribution in [2.24, 2.45) is 5.92 Å². The van der Waals surface area contributed by atoms with Crippen molar-refractivity contribution in [3.05, 3.63) is 24.4 Å². The lowest BCUT2D eigenvalue weighted by Crippen LogP contribution is -2.19. The molecule has 1 fully saturated rings. The maximum Gasteiger partial charge on any atom is 0.235 e. The molecule has 0 bridgehead atoms. The van der Waals surface area contributed by atoms with E-state index in [9.17, 15) is 4.79 Å². The van der Waals surface area contributed by atoms with Crippen molar-refractivity contribution in [3.63, 3.8) is 0 Å². The fourth-order valence-corrected chi connectivity index (χ4v) is 2.76. The van der Waals surface area contributed by atoms with Gasteiger partial charge in [0.05, 0.1) is 0 Å². The van der Waals surface area contributed by atoms with Gasteiger partial charge in [-0.25, -0.2) is 0 Å². The van der Waals surface area contributed by atoms with Gasteiger partial charge in [-0.2, -0.15) is 0 Å². The van der Waals surface area contributed by atoms with Crippen molar-refractivity contribution in [3.8, 4) is 0 Å². The molecule has 0 aromatic carbocycles. The minimum absolute atomic E-state index is 0.0463. The predicted octanol–water partition coefficient (Wildman–Crippen LogP) is 2.64. The van der Waals surface area contributed by atoms with Gasteiger partial charge >= 0.3 is 0 Å². The number of aromatic nitrogens is 3. The number of hydrogen-bond acceptors (Lipinski definition) is 3. The van der Waals surface area contributed by atoms with Gasteiger partial charge in [-0.05, 0) is 30.9 Å². The maximum atomic E-state index is 12.0. The number of pyridine rings is 1. The quantitative estimate of drug-likeness (QED) is 0.920. The average molecular weight is 258 g/mol. The number of carbonyl (C=O) groups excluding carboxylic acids is 1. The number of amides is 1. The van der Waals surface area contributed by atoms with Crippen molar-refractivity contribution in [1.29, 1.82) is 0 Å². The fourth-order valence-electron chi connectivity index (χ4n) is 2.76. The summed E-state index contributed by atoms with van der Waals surface area (Å²) in [6.45, 7) is 0. The van der Waals surface area contributed by atoms with E-state index in [0.29, 0.717) is 18.3 Å². The smallest absolute Gasteiger partial charge is 0.235 e. The van der Waals surface area contributed by atoms with Crippen LogP contribution < -0.4 is 5.32 Å². The minimum Gasteiger partial charge on any atom is -0.294 e. The molecule has 0 saturated heterocycles. The van der Waals surface area contributed by atoms with Crippen molar-refractivity contribution in [1.82, 2.24) is 14.6 Å². The third kappa shape index (κ3) is 2.75. The molecule has 1 aliphatic rings. The Kier molecular flexibility index (Phi) is 3.44. The molecule has 1 aliphatic carbocycles. The molecular weight excluding hydrogens is 240 g/mol. The first-order valence-electron chi connectivity index (χ1n) is 6.92. The Balaban J connectivity index is 1.65. The Hall–Kier alpha value is -1.91. The standard InChI is InChI=1S/C14H18N4O/c19-13(10-11-6-2-1-3-7-11)15-14-17-16-12-8-4-5-9-18(12)14/h4-5,8-9,11H,1-3,6-7,10H2,(H,15,17,19). The SMILES string of the molecule is O=C(CC1CCCCC1)Nc1nnc2ccccn12. The molecule has 0 unspecified atom stereocenters. The van der Waals surface area contributed by atoms with Gasteiger partial charge in [0.1, 0.15) is 0 Å². The van der Waals surface area contributed by atoms with Crippen LogP contribution >= 0.6 is 0 Å². The van der Waals surface area contributed by atoms with Crippen molar-refractivity contribution < 1.29 is 4.79 Å². The van der Waals surface area contributed by atoms with Crippen LogP contribution in [0.4, 0.5) is 5.95 Å². The van der Waals surface area contributed by atoms with Crippen molar-refractivity contribution >= 4 is 17.5 Å². The number of carbonyl (C=O) groups is 1. The first-order chi connectivity index (χ1) is 9.33. The first kappa shape index (κ1) is 12.1. The molecular formula is C14H18N4O. The van der Waals surface area contributed by atoms with Crippen LogP contribution in [0, 0.1) is 5.92 Å². The molecule has 2 heterocycles. The molecule has 1 N–H and O–H groups in total. The number of hydrogen-bond donors (Lipinski definition) is 1. The average Bonchev–Trinajstić information content (AvgIpc) is 2.83. The van der Waals surface area contributed by atoms with Crippen LogP contribution in [-0.2, 0) is 4.79 Å². The first-order valence-corrected chi connectivity index (χ1v) is 6.92. The van der Waals surface area contributed by atoms with E-state index in [1.807, 2.05) is 24.4 Å². The molecule has 1 saturated carbocycles. The Morgan fingerprint density at radius 3 is 2.95 bits per heavy atom. The lowest BCUT2D eigenvalue weighted by atomic mass is 9.87. The third-order valence-corrected chi connectivity index (χ3v) is 3.76. The van der Waals surface area contributed by atoms with Gasteiger partial charge in [0.15, 0.2) is 5.65 Å². The summed E-state index contributed by atoms with van der Waals surface area (Å²) in [6.07, 6.45) is 8.62. The van der Waals surface area contributed by atoms with Crippen LogP contribution in [0.25, 0.3) is 5.65 Å². The van der Waals surface area contributed by atoms with Crippen molar-refractivity contribution in [2.45, 2.75) is 38.5 Å². The van der Waals surface area contributed by atoms with Crippen LogP contribution in [-0.4, -0.2) is 20.5 Å². The maximum absolute atomic E-state index is 12.0. The highest BCUT2D eigenvalue weighted by atomic mass is 16.1. The molecule has 0 spiro atoms. The van der Waals surface area contributed by atoms with Crippen molar-refractivity contribution in [2.75, 3.05) is 5.32 Å². The van der Waals surface area contributed by atoms with E-state index in [-0.39, 0.29) is 5.91 Å². The van der Waals surface area contributed by atoms with Gasteiger partial charge < -0.3 is 0 Å². The zero-order valence-corrected chi connectivity index (χ0v) is 10.9.